The fourth-order valence-electron chi connectivity index (χ4n) is 5.03. The van der Waals surface area contributed by atoms with Crippen LogP contribution in [0.2, 0.25) is 5.02 Å². The lowest BCUT2D eigenvalue weighted by Gasteiger charge is -2.42. The van der Waals surface area contributed by atoms with E-state index in [1.165, 1.54) is 0 Å². The molecule has 40 heavy (non-hydrogen) atoms. The van der Waals surface area contributed by atoms with Crippen molar-refractivity contribution in [3.63, 3.8) is 0 Å². The van der Waals surface area contributed by atoms with Crippen LogP contribution in [0.1, 0.15) is 39.2 Å². The van der Waals surface area contributed by atoms with Crippen molar-refractivity contribution in [2.24, 2.45) is 0 Å². The maximum absolute atomic E-state index is 12.5. The molecule has 0 fully saturated rings. The largest absolute Gasteiger partial charge is 0.493 e. The Kier molecular flexibility index (Phi) is 10.6. The molecule has 2 aromatic rings. The highest BCUT2D eigenvalue weighted by Gasteiger charge is 2.49. The first kappa shape index (κ1) is 31.0. The van der Waals surface area contributed by atoms with E-state index < -0.39 is 23.5 Å². The molecule has 4 N–H and O–H groups in total. The Morgan fingerprint density at radius 3 is 2.23 bits per heavy atom. The molecule has 0 amide bonds. The van der Waals surface area contributed by atoms with E-state index >= 15 is 0 Å². The molecule has 0 saturated heterocycles. The summed E-state index contributed by atoms with van der Waals surface area (Å²) in [7, 11) is 1.65. The number of aliphatic hydroxyl groups is 1. The fraction of sp³-hybridized carbons (Fsp3) is 0.400. The van der Waals surface area contributed by atoms with Gasteiger partial charge in [0.15, 0.2) is 0 Å². The van der Waals surface area contributed by atoms with E-state index in [0.717, 1.165) is 6.42 Å². The van der Waals surface area contributed by atoms with Crippen LogP contribution in [0.25, 0.3) is 0 Å². The third-order valence-electron chi connectivity index (χ3n) is 7.21. The molecule has 0 aliphatic carbocycles. The number of hydrogen-bond donors (Lipinski definition) is 4. The molecule has 1 unspecified atom stereocenters. The number of aliphatic carboxylic acids is 2. The number of nitrogens with zero attached hydrogens (tertiary/aromatic N) is 1. The van der Waals surface area contributed by atoms with Crippen molar-refractivity contribution >= 4 is 23.5 Å². The number of unbranched alkanes of at least 4 members (excludes halogenated alkanes) is 1. The molecule has 0 bridgehead atoms. The molecule has 3 rings (SSSR count). The summed E-state index contributed by atoms with van der Waals surface area (Å²) in [4.78, 5) is 26.6. The smallest absolute Gasteiger partial charge is 0.334 e. The summed E-state index contributed by atoms with van der Waals surface area (Å²) in [6, 6.07) is 14.2. The minimum absolute atomic E-state index is 0.0517. The molecule has 0 radical (unpaired) electrons. The molecule has 216 valence electrons. The van der Waals surface area contributed by atoms with Crippen LogP contribution in [0.3, 0.4) is 0 Å². The van der Waals surface area contributed by atoms with Crippen LogP contribution in [0.15, 0.2) is 71.1 Å². The quantitative estimate of drug-likeness (QED) is 0.243. The first-order chi connectivity index (χ1) is 19.0. The van der Waals surface area contributed by atoms with Crippen LogP contribution in [-0.4, -0.2) is 71.6 Å². The predicted molar refractivity (Wildman–Crippen MR) is 153 cm³/mol. The zero-order valence-corrected chi connectivity index (χ0v) is 24.0. The van der Waals surface area contributed by atoms with Crippen molar-refractivity contribution in [1.29, 1.82) is 0 Å². The van der Waals surface area contributed by atoms with Gasteiger partial charge in [-0.15, -0.1) is 0 Å². The van der Waals surface area contributed by atoms with Crippen LogP contribution < -0.4 is 14.8 Å². The van der Waals surface area contributed by atoms with Crippen LogP contribution in [0.5, 0.6) is 11.5 Å². The molecule has 9 nitrogen and oxygen atoms in total. The molecule has 1 aliphatic rings. The third-order valence-corrected chi connectivity index (χ3v) is 7.44. The number of rotatable bonds is 14. The number of hydrogen-bond acceptors (Lipinski definition) is 7. The molecule has 0 aromatic heterocycles. The van der Waals surface area contributed by atoms with Gasteiger partial charge >= 0.3 is 11.9 Å². The molecule has 0 spiro atoms. The predicted octanol–water partition coefficient (Wildman–Crippen LogP) is 4.45. The first-order valence-electron chi connectivity index (χ1n) is 13.1. The number of halogens is 1. The maximum atomic E-state index is 12.5. The van der Waals surface area contributed by atoms with E-state index in [-0.39, 0.29) is 17.8 Å². The maximum Gasteiger partial charge on any atom is 0.334 e. The van der Waals surface area contributed by atoms with Gasteiger partial charge in [0.2, 0.25) is 0 Å². The lowest BCUT2D eigenvalue weighted by atomic mass is 9.66. The Labute approximate surface area is 239 Å². The number of nitrogens with one attached hydrogen (secondary N) is 1. The van der Waals surface area contributed by atoms with Crippen molar-refractivity contribution in [3.8, 4) is 11.5 Å². The van der Waals surface area contributed by atoms with Crippen LogP contribution in [0, 0.1) is 0 Å². The van der Waals surface area contributed by atoms with E-state index in [4.69, 9.17) is 21.1 Å². The molecular weight excluding hydrogens is 536 g/mol. The van der Waals surface area contributed by atoms with Gasteiger partial charge in [0, 0.05) is 35.6 Å². The Bertz CT molecular complexity index is 1240. The average molecular weight is 573 g/mol. The van der Waals surface area contributed by atoms with Gasteiger partial charge in [-0.25, -0.2) is 9.59 Å². The van der Waals surface area contributed by atoms with E-state index in [2.05, 4.69) is 5.32 Å². The van der Waals surface area contributed by atoms with Crippen molar-refractivity contribution in [1.82, 2.24) is 10.2 Å². The number of allylic oxidation sites excluding steroid dienone is 2. The number of carboxylic acid groups (broad SMARTS) is 2. The zero-order chi connectivity index (χ0) is 29.4. The van der Waals surface area contributed by atoms with E-state index in [9.17, 15) is 24.9 Å². The Hall–Kier alpha value is -3.53. The van der Waals surface area contributed by atoms with Crippen molar-refractivity contribution in [3.05, 3.63) is 81.7 Å². The number of benzene rings is 2. The van der Waals surface area contributed by atoms with Gasteiger partial charge in [-0.3, -0.25) is 0 Å². The van der Waals surface area contributed by atoms with E-state index in [1.807, 2.05) is 30.3 Å². The summed E-state index contributed by atoms with van der Waals surface area (Å²) in [5.41, 5.74) is -0.371. The highest BCUT2D eigenvalue weighted by Crippen LogP contribution is 2.49. The first-order valence-corrected chi connectivity index (χ1v) is 13.5. The summed E-state index contributed by atoms with van der Waals surface area (Å²) in [6.07, 6.45) is 0.783. The van der Waals surface area contributed by atoms with Crippen molar-refractivity contribution < 1.29 is 34.4 Å². The molecule has 2 aromatic carbocycles. The summed E-state index contributed by atoms with van der Waals surface area (Å²) in [5.74, 6) is -1.36. The summed E-state index contributed by atoms with van der Waals surface area (Å²) >= 11 is 6.32. The van der Waals surface area contributed by atoms with E-state index in [0.29, 0.717) is 59.6 Å². The van der Waals surface area contributed by atoms with E-state index in [1.54, 1.807) is 50.9 Å². The van der Waals surface area contributed by atoms with Crippen LogP contribution in [0.4, 0.5) is 0 Å². The second-order valence-electron chi connectivity index (χ2n) is 9.89. The van der Waals surface area contributed by atoms with Gasteiger partial charge in [-0.1, -0.05) is 29.8 Å². The number of carboxylic acids is 2. The molecule has 1 aliphatic heterocycles. The Morgan fingerprint density at radius 1 is 1.00 bits per heavy atom. The number of carbonyl (C=O) groups is 2. The molecule has 0 saturated carbocycles. The Balaban J connectivity index is 1.65. The zero-order valence-electron chi connectivity index (χ0n) is 23.2. The number of para-hydroxylation sites is 1. The normalized spacial score (nSPS) is 15.7. The molecule has 10 heteroatoms. The monoisotopic (exact) mass is 572 g/mol. The molecule has 1 atom stereocenters. The van der Waals surface area contributed by atoms with Gasteiger partial charge in [0.05, 0.1) is 23.2 Å². The summed E-state index contributed by atoms with van der Waals surface area (Å²) < 4.78 is 11.6. The minimum atomic E-state index is -1.52. The topological polar surface area (TPSA) is 129 Å². The van der Waals surface area contributed by atoms with Gasteiger partial charge in [-0.2, -0.15) is 0 Å². The fourth-order valence-corrected chi connectivity index (χ4v) is 5.20. The van der Waals surface area contributed by atoms with Gasteiger partial charge in [0.1, 0.15) is 24.2 Å². The number of aliphatic hydroxyl groups excluding tert-OH is 1. The molecule has 1 heterocycles. The van der Waals surface area contributed by atoms with Gasteiger partial charge in [0.25, 0.3) is 0 Å². The van der Waals surface area contributed by atoms with Crippen LogP contribution in [-0.2, 0) is 15.0 Å². The lowest BCUT2D eigenvalue weighted by molar-refractivity contribution is -0.134. The van der Waals surface area contributed by atoms with Gasteiger partial charge < -0.3 is 35.0 Å². The molecular formula is C30H37ClN2O7. The lowest BCUT2D eigenvalue weighted by Crippen LogP contribution is -2.43. The average Bonchev–Trinajstić information content (AvgIpc) is 2.91. The summed E-state index contributed by atoms with van der Waals surface area (Å²) in [5, 5.41) is 34.0. The highest BCUT2D eigenvalue weighted by atomic mass is 35.5. The minimum Gasteiger partial charge on any atom is -0.493 e. The standard InChI is InChI=1S/C30H37ClN2O7/c1-19-26(28(35)36)30(3,27(29(37)38)20(2)33(19)4)24-16-21(31)12-13-25(24)39-15-9-8-14-32-17-22(34)18-40-23-10-6-5-7-11-23/h5-7,10-13,16,22,32,34H,8-9,14-15,17-18H2,1-4H3,(H,35,36)(H,37,38). The van der Waals surface area contributed by atoms with Crippen LogP contribution >= 0.6 is 11.6 Å². The number of ether oxygens (including phenoxy) is 2. The second kappa shape index (κ2) is 13.7. The summed E-state index contributed by atoms with van der Waals surface area (Å²) in [6.45, 7) is 6.46. The third kappa shape index (κ3) is 6.96. The highest BCUT2D eigenvalue weighted by molar-refractivity contribution is 6.30. The van der Waals surface area contributed by atoms with Gasteiger partial charge in [-0.05, 0) is 70.5 Å². The Morgan fingerprint density at radius 2 is 1.62 bits per heavy atom. The second-order valence-corrected chi connectivity index (χ2v) is 10.3. The van der Waals surface area contributed by atoms with Crippen molar-refractivity contribution in [2.75, 3.05) is 33.4 Å². The van der Waals surface area contributed by atoms with Crippen molar-refractivity contribution in [2.45, 2.75) is 45.1 Å². The SMILES string of the molecule is CC1=C(C(=O)O)C(C)(c2cc(Cl)ccc2OCCCCNCC(O)COc2ccccc2)C(C(=O)O)=C(C)N1C.